The van der Waals surface area contributed by atoms with Crippen LogP contribution in [0.15, 0.2) is 30.3 Å². The highest BCUT2D eigenvalue weighted by molar-refractivity contribution is 6.31. The van der Waals surface area contributed by atoms with Gasteiger partial charge in [0.1, 0.15) is 5.82 Å². The maximum atomic E-state index is 13.2. The molecular formula is C22H19Cl2N5O2. The van der Waals surface area contributed by atoms with Crippen LogP contribution in [0.3, 0.4) is 0 Å². The Morgan fingerprint density at radius 1 is 0.839 bits per heavy atom. The molecule has 2 amide bonds. The molecule has 3 heterocycles. The zero-order chi connectivity index (χ0) is 21.5. The maximum Gasteiger partial charge on any atom is 0.261 e. The first-order chi connectivity index (χ1) is 15.0. The van der Waals surface area contributed by atoms with Crippen LogP contribution in [0.4, 0.5) is 5.69 Å². The van der Waals surface area contributed by atoms with Crippen molar-refractivity contribution in [2.75, 3.05) is 24.5 Å². The summed E-state index contributed by atoms with van der Waals surface area (Å²) in [5.41, 5.74) is 2.17. The second kappa shape index (κ2) is 8.05. The number of carbonyl (C=O) groups is 2. The highest BCUT2D eigenvalue weighted by atomic mass is 35.5. The summed E-state index contributed by atoms with van der Waals surface area (Å²) in [5.74, 6) is -0.301. The highest BCUT2D eigenvalue weighted by Gasteiger charge is 2.33. The number of benzene rings is 2. The van der Waals surface area contributed by atoms with Crippen molar-refractivity contribution in [1.29, 1.82) is 0 Å². The highest BCUT2D eigenvalue weighted by Crippen LogP contribution is 2.36. The number of nitrogens with zero attached hydrogens (tertiary/aromatic N) is 5. The molecule has 0 atom stereocenters. The van der Waals surface area contributed by atoms with Gasteiger partial charge in [-0.25, -0.2) is 9.97 Å². The molecule has 3 aromatic rings. The molecule has 2 aliphatic heterocycles. The minimum atomic E-state index is -0.315. The van der Waals surface area contributed by atoms with E-state index in [2.05, 4.69) is 19.9 Å². The van der Waals surface area contributed by atoms with Crippen LogP contribution in [0.5, 0.6) is 0 Å². The number of imide groups is 1. The third-order valence-electron chi connectivity index (χ3n) is 5.85. The SMILES string of the molecule is O=C1c2cccc3c(N4CCCCC4)ccc(c23)C(=O)N1CCc1nc(Cl)nc(Cl)n1. The maximum absolute atomic E-state index is 13.2. The van der Waals surface area contributed by atoms with Crippen LogP contribution in [0.2, 0.25) is 10.6 Å². The van der Waals surface area contributed by atoms with Crippen LogP contribution in [0.25, 0.3) is 10.8 Å². The molecule has 31 heavy (non-hydrogen) atoms. The zero-order valence-electron chi connectivity index (χ0n) is 16.6. The lowest BCUT2D eigenvalue weighted by molar-refractivity contribution is 0.0612. The minimum Gasteiger partial charge on any atom is -0.371 e. The summed E-state index contributed by atoms with van der Waals surface area (Å²) in [6.45, 7) is 2.10. The number of carbonyl (C=O) groups excluding carboxylic acids is 2. The predicted octanol–water partition coefficient (Wildman–Crippen LogP) is 4.16. The number of aromatic nitrogens is 3. The van der Waals surface area contributed by atoms with Crippen molar-refractivity contribution in [3.05, 3.63) is 57.9 Å². The van der Waals surface area contributed by atoms with Gasteiger partial charge >= 0.3 is 0 Å². The molecule has 0 radical (unpaired) electrons. The van der Waals surface area contributed by atoms with Gasteiger partial charge in [-0.15, -0.1) is 0 Å². The Morgan fingerprint density at radius 2 is 1.52 bits per heavy atom. The smallest absolute Gasteiger partial charge is 0.261 e. The van der Waals surface area contributed by atoms with Gasteiger partial charge in [0.05, 0.1) is 0 Å². The molecule has 158 valence electrons. The molecule has 2 aromatic carbocycles. The van der Waals surface area contributed by atoms with Gasteiger partial charge in [-0.05, 0) is 60.7 Å². The Bertz CT molecular complexity index is 1170. The van der Waals surface area contributed by atoms with E-state index in [1.807, 2.05) is 24.3 Å². The summed E-state index contributed by atoms with van der Waals surface area (Å²) in [4.78, 5) is 41.8. The van der Waals surface area contributed by atoms with Crippen LogP contribution < -0.4 is 4.90 Å². The van der Waals surface area contributed by atoms with Crippen LogP contribution >= 0.6 is 23.2 Å². The number of rotatable bonds is 4. The minimum absolute atomic E-state index is 0.0216. The van der Waals surface area contributed by atoms with E-state index in [-0.39, 0.29) is 35.3 Å². The topological polar surface area (TPSA) is 79.3 Å². The van der Waals surface area contributed by atoms with Gasteiger partial charge in [-0.2, -0.15) is 4.98 Å². The van der Waals surface area contributed by atoms with Crippen molar-refractivity contribution in [2.45, 2.75) is 25.7 Å². The summed E-state index contributed by atoms with van der Waals surface area (Å²) in [6.07, 6.45) is 3.78. The molecule has 1 fully saturated rings. The Balaban J connectivity index is 1.50. The Hall–Kier alpha value is -2.77. The number of hydrogen-bond acceptors (Lipinski definition) is 6. The monoisotopic (exact) mass is 455 g/mol. The normalized spacial score (nSPS) is 16.3. The molecule has 0 aliphatic carbocycles. The van der Waals surface area contributed by atoms with Gasteiger partial charge in [-0.1, -0.05) is 12.1 Å². The second-order valence-corrected chi connectivity index (χ2v) is 8.39. The number of halogens is 2. The lowest BCUT2D eigenvalue weighted by Gasteiger charge is -2.32. The molecule has 5 rings (SSSR count). The average Bonchev–Trinajstić information content (AvgIpc) is 2.77. The Morgan fingerprint density at radius 3 is 2.23 bits per heavy atom. The van der Waals surface area contributed by atoms with Crippen molar-refractivity contribution in [2.24, 2.45) is 0 Å². The molecule has 0 saturated carbocycles. The first kappa shape index (κ1) is 20.2. The summed E-state index contributed by atoms with van der Waals surface area (Å²) in [7, 11) is 0. The summed E-state index contributed by atoms with van der Waals surface area (Å²) in [6, 6.07) is 9.51. The van der Waals surface area contributed by atoms with Crippen LogP contribution in [-0.2, 0) is 6.42 Å². The lowest BCUT2D eigenvalue weighted by Crippen LogP contribution is -2.41. The largest absolute Gasteiger partial charge is 0.371 e. The Labute approximate surface area is 189 Å². The molecular weight excluding hydrogens is 437 g/mol. The molecule has 7 nitrogen and oxygen atoms in total. The van der Waals surface area contributed by atoms with E-state index in [4.69, 9.17) is 23.2 Å². The molecule has 0 unspecified atom stereocenters. The average molecular weight is 456 g/mol. The van der Waals surface area contributed by atoms with E-state index < -0.39 is 0 Å². The number of hydrogen-bond donors (Lipinski definition) is 0. The number of piperidine rings is 1. The van der Waals surface area contributed by atoms with E-state index in [0.29, 0.717) is 17.0 Å². The molecule has 2 aliphatic rings. The Kier molecular flexibility index (Phi) is 5.24. The fraction of sp³-hybridized carbons (Fsp3) is 0.318. The first-order valence-electron chi connectivity index (χ1n) is 10.3. The quantitative estimate of drug-likeness (QED) is 0.549. The van der Waals surface area contributed by atoms with Crippen LogP contribution in [0.1, 0.15) is 45.8 Å². The molecule has 1 saturated heterocycles. The van der Waals surface area contributed by atoms with E-state index in [1.165, 1.54) is 11.3 Å². The van der Waals surface area contributed by atoms with E-state index in [1.54, 1.807) is 6.07 Å². The van der Waals surface area contributed by atoms with Gasteiger partial charge in [-0.3, -0.25) is 14.5 Å². The van der Waals surface area contributed by atoms with Gasteiger partial charge in [0.2, 0.25) is 10.6 Å². The molecule has 0 bridgehead atoms. The van der Waals surface area contributed by atoms with Crippen molar-refractivity contribution in [3.8, 4) is 0 Å². The van der Waals surface area contributed by atoms with E-state index >= 15 is 0 Å². The summed E-state index contributed by atoms with van der Waals surface area (Å²) < 4.78 is 0. The molecule has 9 heteroatoms. The second-order valence-electron chi connectivity index (χ2n) is 7.71. The van der Waals surface area contributed by atoms with Gasteiger partial charge < -0.3 is 4.90 Å². The predicted molar refractivity (Wildman–Crippen MR) is 119 cm³/mol. The summed E-state index contributed by atoms with van der Waals surface area (Å²) >= 11 is 11.7. The third-order valence-corrected chi connectivity index (χ3v) is 6.19. The molecule has 0 N–H and O–H groups in total. The van der Waals surface area contributed by atoms with Crippen molar-refractivity contribution < 1.29 is 9.59 Å². The molecule has 1 aromatic heterocycles. The van der Waals surface area contributed by atoms with Gasteiger partial charge in [0.15, 0.2) is 0 Å². The lowest BCUT2D eigenvalue weighted by atomic mass is 9.92. The number of anilines is 1. The first-order valence-corrected chi connectivity index (χ1v) is 11.0. The van der Waals surface area contributed by atoms with Crippen LogP contribution in [-0.4, -0.2) is 51.3 Å². The standard InChI is InChI=1S/C22H19Cl2N5O2/c23-21-25-17(26-22(24)27-21)9-12-29-19(30)14-6-4-5-13-16(28-10-2-1-3-11-28)8-7-15(18(13)14)20(29)31/h4-8H,1-3,9-12H2. The van der Waals surface area contributed by atoms with Crippen LogP contribution in [0, 0.1) is 0 Å². The van der Waals surface area contributed by atoms with E-state index in [9.17, 15) is 9.59 Å². The zero-order valence-corrected chi connectivity index (χ0v) is 18.2. The number of amides is 2. The molecule has 0 spiro atoms. The van der Waals surface area contributed by atoms with Gasteiger partial charge in [0.25, 0.3) is 11.8 Å². The van der Waals surface area contributed by atoms with Crippen molar-refractivity contribution >= 4 is 51.5 Å². The van der Waals surface area contributed by atoms with Crippen molar-refractivity contribution in [1.82, 2.24) is 19.9 Å². The fourth-order valence-electron chi connectivity index (χ4n) is 4.43. The summed E-state index contributed by atoms with van der Waals surface area (Å²) in [5, 5.41) is 1.65. The van der Waals surface area contributed by atoms with Crippen molar-refractivity contribution in [3.63, 3.8) is 0 Å². The fourth-order valence-corrected chi connectivity index (χ4v) is 4.83. The third kappa shape index (κ3) is 3.62. The van der Waals surface area contributed by atoms with E-state index in [0.717, 1.165) is 42.4 Å². The van der Waals surface area contributed by atoms with Gasteiger partial charge in [0, 0.05) is 53.6 Å².